The van der Waals surface area contributed by atoms with Gasteiger partial charge in [0.25, 0.3) is 7.82 Å². The van der Waals surface area contributed by atoms with Crippen LogP contribution in [0.25, 0.3) is 0 Å². The van der Waals surface area contributed by atoms with Crippen molar-refractivity contribution in [3.63, 3.8) is 0 Å². The van der Waals surface area contributed by atoms with Crippen molar-refractivity contribution in [2.75, 3.05) is 13.2 Å². The summed E-state index contributed by atoms with van der Waals surface area (Å²) in [5.74, 6) is -0.438. The Morgan fingerprint density at radius 3 is 1.89 bits per heavy atom. The van der Waals surface area contributed by atoms with E-state index in [1.54, 1.807) is 0 Å². The van der Waals surface area contributed by atoms with E-state index in [-0.39, 0.29) is 54.7 Å². The summed E-state index contributed by atoms with van der Waals surface area (Å²) in [6.45, 7) is 3.75. The van der Waals surface area contributed by atoms with Crippen LogP contribution in [0.2, 0.25) is 0 Å². The molecule has 0 aliphatic carbocycles. The van der Waals surface area contributed by atoms with Gasteiger partial charge in [-0.2, -0.15) is 0 Å². The average molecular weight is 416 g/mol. The van der Waals surface area contributed by atoms with Crippen molar-refractivity contribution in [2.24, 2.45) is 5.92 Å². The van der Waals surface area contributed by atoms with Gasteiger partial charge in [0.15, 0.2) is 0 Å². The maximum Gasteiger partial charge on any atom is 1.00 e. The van der Waals surface area contributed by atoms with E-state index in [0.717, 1.165) is 32.1 Å². The van der Waals surface area contributed by atoms with E-state index in [1.165, 1.54) is 51.4 Å². The van der Waals surface area contributed by atoms with Crippen LogP contribution in [-0.2, 0) is 18.6 Å². The molecule has 156 valence electrons. The first kappa shape index (κ1) is 29.8. The molecule has 0 rings (SSSR count). The van der Waals surface area contributed by atoms with Gasteiger partial charge in [-0.3, -0.25) is 9.36 Å². The van der Waals surface area contributed by atoms with Crippen LogP contribution in [0.3, 0.4) is 0 Å². The zero-order chi connectivity index (χ0) is 19.7. The Hall–Kier alpha value is 0.580. The number of phosphoric acid groups is 1. The van der Waals surface area contributed by atoms with Gasteiger partial charge in [0, 0.05) is 0 Å². The standard InChI is InChI=1S/C19H39O6P.Na/c1-3-5-6-7-8-9-10-11-12-13-15-18(14-4-2)19(20)24-16-17-25-26(21,22)23;/h18H,3-17H2,1-2H3,(H2,21,22,23);/q;+1/p-1. The maximum atomic E-state index is 12.1. The predicted octanol–water partition coefficient (Wildman–Crippen LogP) is 1.74. The van der Waals surface area contributed by atoms with Crippen LogP contribution in [0.5, 0.6) is 0 Å². The van der Waals surface area contributed by atoms with Gasteiger partial charge in [-0.25, -0.2) is 0 Å². The van der Waals surface area contributed by atoms with E-state index in [1.807, 2.05) is 6.92 Å². The molecule has 8 heteroatoms. The molecule has 6 nitrogen and oxygen atoms in total. The number of rotatable bonds is 18. The smallest absolute Gasteiger partial charge is 0.756 e. The van der Waals surface area contributed by atoms with Gasteiger partial charge in [0.1, 0.15) is 6.61 Å². The first-order valence-electron chi connectivity index (χ1n) is 10.3. The van der Waals surface area contributed by atoms with E-state index in [9.17, 15) is 14.3 Å². The fourth-order valence-electron chi connectivity index (χ4n) is 3.02. The molecule has 0 saturated carbocycles. The summed E-state index contributed by atoms with van der Waals surface area (Å²) in [5.41, 5.74) is 0. The number of hydrogen-bond donors (Lipinski definition) is 1. The van der Waals surface area contributed by atoms with Gasteiger partial charge in [0.2, 0.25) is 0 Å². The maximum absolute atomic E-state index is 12.1. The zero-order valence-electron chi connectivity index (χ0n) is 17.6. The number of phosphoric ester groups is 1. The molecule has 0 heterocycles. The van der Waals surface area contributed by atoms with Crippen molar-refractivity contribution >= 4 is 13.8 Å². The van der Waals surface area contributed by atoms with Gasteiger partial charge in [0.05, 0.1) is 12.5 Å². The third-order valence-electron chi connectivity index (χ3n) is 4.46. The molecule has 0 spiro atoms. The SMILES string of the molecule is CCCCCCCCCCCCC(CCC)C(=O)OCCOP(=O)([O-])O.[Na+]. The minimum absolute atomic E-state index is 0. The zero-order valence-corrected chi connectivity index (χ0v) is 20.5. The van der Waals surface area contributed by atoms with Crippen molar-refractivity contribution in [1.29, 1.82) is 0 Å². The summed E-state index contributed by atoms with van der Waals surface area (Å²) in [4.78, 5) is 31.0. The molecule has 0 aromatic heterocycles. The fourth-order valence-corrected chi connectivity index (χ4v) is 3.32. The molecule has 1 N–H and O–H groups in total. The Kier molecular flexibility index (Phi) is 21.9. The predicted molar refractivity (Wildman–Crippen MR) is 102 cm³/mol. The molecule has 0 bridgehead atoms. The van der Waals surface area contributed by atoms with Crippen LogP contribution in [0, 0.1) is 5.92 Å². The first-order chi connectivity index (χ1) is 12.4. The van der Waals surface area contributed by atoms with Gasteiger partial charge in [-0.05, 0) is 12.8 Å². The van der Waals surface area contributed by atoms with Crippen LogP contribution < -0.4 is 34.5 Å². The van der Waals surface area contributed by atoms with Crippen molar-refractivity contribution in [3.8, 4) is 0 Å². The Morgan fingerprint density at radius 1 is 0.889 bits per heavy atom. The largest absolute Gasteiger partial charge is 1.00 e. The Labute approximate surface area is 187 Å². The van der Waals surface area contributed by atoms with E-state index in [2.05, 4.69) is 11.4 Å². The molecule has 0 amide bonds. The van der Waals surface area contributed by atoms with Crippen LogP contribution in [0.4, 0.5) is 0 Å². The number of hydrogen-bond acceptors (Lipinski definition) is 5. The second-order valence-electron chi connectivity index (χ2n) is 6.93. The van der Waals surface area contributed by atoms with E-state index in [4.69, 9.17) is 9.63 Å². The molecule has 2 atom stereocenters. The summed E-state index contributed by atoms with van der Waals surface area (Å²) in [5, 5.41) is 0. The number of esters is 1. The second kappa shape index (κ2) is 19.9. The minimum atomic E-state index is -4.74. The van der Waals surface area contributed by atoms with Gasteiger partial charge < -0.3 is 19.0 Å². The molecule has 0 aromatic carbocycles. The summed E-state index contributed by atoms with van der Waals surface area (Å²) in [7, 11) is -4.74. The number of carbonyl (C=O) groups is 1. The topological polar surface area (TPSA) is 95.9 Å². The Balaban J connectivity index is 0. The van der Waals surface area contributed by atoms with Crippen LogP contribution in [-0.4, -0.2) is 24.1 Å². The second-order valence-corrected chi connectivity index (χ2v) is 8.12. The Bertz CT molecular complexity index is 388. The third-order valence-corrected chi connectivity index (χ3v) is 4.97. The van der Waals surface area contributed by atoms with Crippen LogP contribution >= 0.6 is 7.82 Å². The quantitative estimate of drug-likeness (QED) is 0.158. The molecule has 0 fully saturated rings. The van der Waals surface area contributed by atoms with E-state index < -0.39 is 7.82 Å². The molecule has 0 radical (unpaired) electrons. The summed E-state index contributed by atoms with van der Waals surface area (Å²) >= 11 is 0. The van der Waals surface area contributed by atoms with Crippen molar-refractivity contribution in [1.82, 2.24) is 0 Å². The van der Waals surface area contributed by atoms with Gasteiger partial charge in [-0.1, -0.05) is 84.5 Å². The normalized spacial score (nSPS) is 14.2. The van der Waals surface area contributed by atoms with Crippen LogP contribution in [0.15, 0.2) is 0 Å². The van der Waals surface area contributed by atoms with Crippen molar-refractivity contribution < 1.29 is 58.0 Å². The van der Waals surface area contributed by atoms with E-state index in [0.29, 0.717) is 0 Å². The first-order valence-corrected chi connectivity index (χ1v) is 11.7. The molecule has 0 aliphatic heterocycles. The van der Waals surface area contributed by atoms with Crippen molar-refractivity contribution in [3.05, 3.63) is 0 Å². The molecule has 0 saturated heterocycles. The molecule has 2 unspecified atom stereocenters. The van der Waals surface area contributed by atoms with Gasteiger partial charge >= 0.3 is 35.5 Å². The third kappa shape index (κ3) is 21.1. The number of ether oxygens (including phenoxy) is 1. The minimum Gasteiger partial charge on any atom is -0.756 e. The Morgan fingerprint density at radius 2 is 1.41 bits per heavy atom. The van der Waals surface area contributed by atoms with Crippen molar-refractivity contribution in [2.45, 2.75) is 97.3 Å². The number of unbranched alkanes of at least 4 members (excludes halogenated alkanes) is 9. The molecular weight excluding hydrogens is 378 g/mol. The average Bonchev–Trinajstić information content (AvgIpc) is 2.58. The van der Waals surface area contributed by atoms with Gasteiger partial charge in [-0.15, -0.1) is 0 Å². The van der Waals surface area contributed by atoms with E-state index >= 15 is 0 Å². The molecular formula is C19H38NaO6P. The summed E-state index contributed by atoms with van der Waals surface area (Å²) < 4.78 is 19.7. The molecule has 27 heavy (non-hydrogen) atoms. The number of carbonyl (C=O) groups excluding carboxylic acids is 1. The monoisotopic (exact) mass is 416 g/mol. The molecule has 0 aliphatic rings. The van der Waals surface area contributed by atoms with Crippen LogP contribution in [0.1, 0.15) is 97.3 Å². The summed E-state index contributed by atoms with van der Waals surface area (Å²) in [6.07, 6.45) is 15.1. The molecule has 0 aromatic rings. The fraction of sp³-hybridized carbons (Fsp3) is 0.947. The summed E-state index contributed by atoms with van der Waals surface area (Å²) in [6, 6.07) is 0.